The van der Waals surface area contributed by atoms with Crippen LogP contribution in [0.3, 0.4) is 0 Å². The van der Waals surface area contributed by atoms with E-state index in [2.05, 4.69) is 0 Å². The number of aliphatic hydroxyl groups is 3. The first-order valence-electron chi connectivity index (χ1n) is 13.3. The Balaban J connectivity index is 1.38. The lowest BCUT2D eigenvalue weighted by molar-refractivity contribution is -0.278. The van der Waals surface area contributed by atoms with Crippen LogP contribution >= 0.6 is 0 Å². The lowest BCUT2D eigenvalue weighted by atomic mass is 9.99. The van der Waals surface area contributed by atoms with Gasteiger partial charge in [0.25, 0.3) is 0 Å². The SMILES string of the molecule is O=C(C=Cc1ccc(O)c(O)c1)OCC1OC(Oc2cc3oc(-c4ccc(O)c(O)c4)c(O)c(=O)c3c(O)c2O)C(O)C(O)C1O. The molecule has 0 radical (unpaired) electrons. The highest BCUT2D eigenvalue weighted by Gasteiger charge is 2.46. The van der Waals surface area contributed by atoms with Gasteiger partial charge in [-0.15, -0.1) is 0 Å². The Morgan fingerprint density at radius 1 is 0.783 bits per heavy atom. The first kappa shape index (κ1) is 31.7. The van der Waals surface area contributed by atoms with Gasteiger partial charge in [-0.1, -0.05) is 6.07 Å². The van der Waals surface area contributed by atoms with E-state index >= 15 is 0 Å². The molecule has 46 heavy (non-hydrogen) atoms. The Morgan fingerprint density at radius 2 is 1.46 bits per heavy atom. The summed E-state index contributed by atoms with van der Waals surface area (Å²) < 4.78 is 21.5. The normalized spacial score (nSPS) is 21.4. The average molecular weight is 643 g/mol. The summed E-state index contributed by atoms with van der Waals surface area (Å²) in [6, 6.07) is 7.92. The van der Waals surface area contributed by atoms with Crippen molar-refractivity contribution in [3.05, 3.63) is 64.3 Å². The predicted octanol–water partition coefficient (Wildman–Crippen LogP) is 0.842. The average Bonchev–Trinajstić information content (AvgIpc) is 3.02. The van der Waals surface area contributed by atoms with E-state index in [1.54, 1.807) is 0 Å². The summed E-state index contributed by atoms with van der Waals surface area (Å²) in [7, 11) is 0. The summed E-state index contributed by atoms with van der Waals surface area (Å²) in [5, 5.41) is 101. The zero-order chi connectivity index (χ0) is 33.4. The van der Waals surface area contributed by atoms with Crippen LogP contribution < -0.4 is 10.2 Å². The highest BCUT2D eigenvalue weighted by atomic mass is 16.7. The molecule has 16 nitrogen and oxygen atoms in total. The number of esters is 1. The molecule has 0 spiro atoms. The molecule has 5 atom stereocenters. The number of rotatable bonds is 7. The largest absolute Gasteiger partial charge is 0.504 e. The van der Waals surface area contributed by atoms with Crippen LogP contribution in [0.2, 0.25) is 0 Å². The molecule has 10 N–H and O–H groups in total. The van der Waals surface area contributed by atoms with E-state index in [0.717, 1.165) is 24.3 Å². The molecule has 5 rings (SSSR count). The Morgan fingerprint density at radius 3 is 2.13 bits per heavy atom. The van der Waals surface area contributed by atoms with Gasteiger partial charge >= 0.3 is 5.97 Å². The van der Waals surface area contributed by atoms with Crippen molar-refractivity contribution in [2.45, 2.75) is 30.7 Å². The molecule has 0 saturated carbocycles. The zero-order valence-corrected chi connectivity index (χ0v) is 23.2. The van der Waals surface area contributed by atoms with Crippen LogP contribution in [0.5, 0.6) is 46.0 Å². The Bertz CT molecular complexity index is 1900. The van der Waals surface area contributed by atoms with E-state index in [-0.39, 0.29) is 11.3 Å². The molecule has 1 aliphatic rings. The highest BCUT2D eigenvalue weighted by molar-refractivity contribution is 5.91. The van der Waals surface area contributed by atoms with E-state index in [1.165, 1.54) is 30.3 Å². The van der Waals surface area contributed by atoms with Crippen LogP contribution in [0, 0.1) is 0 Å². The van der Waals surface area contributed by atoms with Gasteiger partial charge in [0.15, 0.2) is 40.3 Å². The maximum Gasteiger partial charge on any atom is 0.330 e. The molecule has 0 aliphatic carbocycles. The van der Waals surface area contributed by atoms with Crippen LogP contribution in [-0.4, -0.2) is 94.3 Å². The second-order valence-corrected chi connectivity index (χ2v) is 10.1. The second-order valence-electron chi connectivity index (χ2n) is 10.1. The summed E-state index contributed by atoms with van der Waals surface area (Å²) in [6.07, 6.45) is -6.79. The summed E-state index contributed by atoms with van der Waals surface area (Å²) >= 11 is 0. The van der Waals surface area contributed by atoms with Crippen molar-refractivity contribution in [2.75, 3.05) is 6.61 Å². The minimum atomic E-state index is -1.95. The maximum absolute atomic E-state index is 12.9. The van der Waals surface area contributed by atoms with E-state index in [4.69, 9.17) is 18.6 Å². The fourth-order valence-corrected chi connectivity index (χ4v) is 4.54. The molecule has 1 aromatic heterocycles. The van der Waals surface area contributed by atoms with Crippen LogP contribution in [0.25, 0.3) is 28.4 Å². The molecule has 242 valence electrons. The third-order valence-electron chi connectivity index (χ3n) is 7.02. The Kier molecular flexibility index (Phi) is 8.53. The van der Waals surface area contributed by atoms with Gasteiger partial charge in [-0.25, -0.2) is 4.79 Å². The minimum absolute atomic E-state index is 0.0570. The van der Waals surface area contributed by atoms with Crippen LogP contribution in [0.15, 0.2) is 57.8 Å². The van der Waals surface area contributed by atoms with E-state index < -0.39 is 106 Å². The number of hydrogen-bond donors (Lipinski definition) is 10. The number of benzene rings is 3. The van der Waals surface area contributed by atoms with Gasteiger partial charge in [-0.05, 0) is 42.0 Å². The summed E-state index contributed by atoms with van der Waals surface area (Å²) in [6.45, 7) is -0.666. The molecule has 5 unspecified atom stereocenters. The topological polar surface area (TPSA) is 277 Å². The number of phenolic OH excluding ortho intramolecular Hbond substituents is 6. The fraction of sp³-hybridized carbons (Fsp3) is 0.200. The van der Waals surface area contributed by atoms with Gasteiger partial charge < -0.3 is 69.7 Å². The number of hydrogen-bond acceptors (Lipinski definition) is 16. The van der Waals surface area contributed by atoms with E-state index in [0.29, 0.717) is 5.56 Å². The van der Waals surface area contributed by atoms with E-state index in [9.17, 15) is 60.7 Å². The number of carbonyl (C=O) groups is 1. The summed E-state index contributed by atoms with van der Waals surface area (Å²) in [4.78, 5) is 25.1. The molecule has 16 heteroatoms. The number of fused-ring (bicyclic) bond motifs is 1. The number of phenols is 6. The van der Waals surface area contributed by atoms with Crippen molar-refractivity contribution in [3.8, 4) is 57.3 Å². The first-order valence-corrected chi connectivity index (χ1v) is 13.3. The molecule has 1 aliphatic heterocycles. The predicted molar refractivity (Wildman–Crippen MR) is 153 cm³/mol. The molecule has 4 aromatic rings. The van der Waals surface area contributed by atoms with Crippen molar-refractivity contribution in [1.29, 1.82) is 0 Å². The molecule has 1 fully saturated rings. The van der Waals surface area contributed by atoms with Crippen LogP contribution in [0.1, 0.15) is 5.56 Å². The fourth-order valence-electron chi connectivity index (χ4n) is 4.54. The monoisotopic (exact) mass is 642 g/mol. The number of carbonyl (C=O) groups excluding carboxylic acids is 1. The van der Waals surface area contributed by atoms with Crippen LogP contribution in [0.4, 0.5) is 0 Å². The molecule has 1 saturated heterocycles. The van der Waals surface area contributed by atoms with Gasteiger partial charge in [0.2, 0.25) is 23.2 Å². The number of ether oxygens (including phenoxy) is 3. The third kappa shape index (κ3) is 6.00. The quantitative estimate of drug-likeness (QED) is 0.0759. The van der Waals surface area contributed by atoms with Crippen molar-refractivity contribution in [1.82, 2.24) is 0 Å². The van der Waals surface area contributed by atoms with Crippen molar-refractivity contribution >= 4 is 23.0 Å². The van der Waals surface area contributed by atoms with Gasteiger partial charge in [-0.3, -0.25) is 4.79 Å². The Labute approximate surface area is 256 Å². The van der Waals surface area contributed by atoms with Gasteiger partial charge in [-0.2, -0.15) is 0 Å². The number of aliphatic hydroxyl groups excluding tert-OH is 3. The standard InChI is InChI=1S/C30H26O16/c31-13-4-1-11(7-15(13)33)2-6-20(35)43-10-19-23(37)26(40)28(42)30(46-19)45-18-9-17-21(24(38)22(18)36)25(39)27(41)29(44-17)12-3-5-14(32)16(34)8-12/h1-9,19,23,26,28,30-34,36-38,40-42H,10H2. The molecule has 3 aromatic carbocycles. The molecule has 0 amide bonds. The van der Waals surface area contributed by atoms with E-state index in [1.807, 2.05) is 0 Å². The van der Waals surface area contributed by atoms with Gasteiger partial charge in [0.1, 0.15) is 42.0 Å². The van der Waals surface area contributed by atoms with Crippen molar-refractivity contribution in [3.63, 3.8) is 0 Å². The van der Waals surface area contributed by atoms with Crippen molar-refractivity contribution in [2.24, 2.45) is 0 Å². The molecule has 2 heterocycles. The van der Waals surface area contributed by atoms with Gasteiger partial charge in [0.05, 0.1) is 0 Å². The van der Waals surface area contributed by atoms with Crippen molar-refractivity contribution < 1.29 is 74.5 Å². The summed E-state index contributed by atoms with van der Waals surface area (Å²) in [5.41, 5.74) is -1.36. The molecule has 0 bridgehead atoms. The number of aromatic hydroxyl groups is 7. The molecular formula is C30H26O16. The van der Waals surface area contributed by atoms with Gasteiger partial charge in [0, 0.05) is 17.7 Å². The third-order valence-corrected chi connectivity index (χ3v) is 7.02. The van der Waals surface area contributed by atoms with Crippen LogP contribution in [-0.2, 0) is 14.3 Å². The Hall–Kier alpha value is -5.68. The minimum Gasteiger partial charge on any atom is -0.504 e. The smallest absolute Gasteiger partial charge is 0.330 e. The molecular weight excluding hydrogens is 616 g/mol. The summed E-state index contributed by atoms with van der Waals surface area (Å²) in [5.74, 6) is -7.11. The first-order chi connectivity index (χ1) is 21.8. The second kappa shape index (κ2) is 12.4. The lowest BCUT2D eigenvalue weighted by Gasteiger charge is -2.39. The highest BCUT2D eigenvalue weighted by Crippen LogP contribution is 2.44. The zero-order valence-electron chi connectivity index (χ0n) is 23.2. The lowest BCUT2D eigenvalue weighted by Crippen LogP contribution is -2.60. The maximum atomic E-state index is 12.9.